The molecule has 1 aromatic carbocycles. The Morgan fingerprint density at radius 3 is 2.89 bits per heavy atom. The van der Waals surface area contributed by atoms with E-state index in [0.717, 1.165) is 30.0 Å². The number of thiazole rings is 1. The van der Waals surface area contributed by atoms with Crippen molar-refractivity contribution >= 4 is 11.3 Å². The van der Waals surface area contributed by atoms with E-state index in [1.54, 1.807) is 11.3 Å². The second-order valence-corrected chi connectivity index (χ2v) is 6.46. The van der Waals surface area contributed by atoms with E-state index in [1.807, 2.05) is 6.92 Å². The minimum absolute atomic E-state index is 0.269. The molecule has 0 bridgehead atoms. The van der Waals surface area contributed by atoms with Crippen LogP contribution in [0.4, 0.5) is 0 Å². The third-order valence-corrected chi connectivity index (χ3v) is 4.84. The van der Waals surface area contributed by atoms with E-state index in [1.165, 1.54) is 11.1 Å². The van der Waals surface area contributed by atoms with Crippen molar-refractivity contribution in [3.05, 3.63) is 51.5 Å². The topological polar surface area (TPSA) is 33.1 Å². The zero-order chi connectivity index (χ0) is 13.2. The fourth-order valence-corrected chi connectivity index (χ4v) is 3.56. The molecule has 0 spiro atoms. The number of rotatable bonds is 3. The van der Waals surface area contributed by atoms with Gasteiger partial charge in [-0.05, 0) is 43.2 Å². The summed E-state index contributed by atoms with van der Waals surface area (Å²) in [6.07, 6.45) is 3.60. The molecule has 1 aromatic heterocycles. The second kappa shape index (κ2) is 5.43. The highest BCUT2D eigenvalue weighted by Gasteiger charge is 2.25. The Balaban J connectivity index is 1.67. The van der Waals surface area contributed by atoms with Gasteiger partial charge in [0.2, 0.25) is 0 Å². The maximum Gasteiger partial charge on any atom is 0.0897 e. The first-order valence-corrected chi connectivity index (χ1v) is 7.76. The molecule has 0 amide bonds. The van der Waals surface area contributed by atoms with Crippen molar-refractivity contribution in [3.63, 3.8) is 0 Å². The van der Waals surface area contributed by atoms with Crippen LogP contribution in [0.3, 0.4) is 0 Å². The van der Waals surface area contributed by atoms with E-state index in [-0.39, 0.29) is 6.10 Å². The Hall–Kier alpha value is -1.19. The van der Waals surface area contributed by atoms with Crippen LogP contribution in [0.15, 0.2) is 29.6 Å². The smallest absolute Gasteiger partial charge is 0.0897 e. The molecule has 1 heterocycles. The molecule has 0 aliphatic heterocycles. The van der Waals surface area contributed by atoms with Gasteiger partial charge in [-0.25, -0.2) is 4.98 Å². The summed E-state index contributed by atoms with van der Waals surface area (Å²) in [5, 5.41) is 13.6. The average Bonchev–Trinajstić information content (AvgIpc) is 2.83. The number of hydrogen-bond acceptors (Lipinski definition) is 3. The lowest BCUT2D eigenvalue weighted by Crippen LogP contribution is -2.28. The van der Waals surface area contributed by atoms with Crippen LogP contribution in [0, 0.1) is 12.8 Å². The minimum atomic E-state index is -0.269. The first-order valence-electron chi connectivity index (χ1n) is 6.88. The molecule has 0 radical (unpaired) electrons. The third kappa shape index (κ3) is 2.88. The summed E-state index contributed by atoms with van der Waals surface area (Å²) in [5.74, 6) is 0.372. The Labute approximate surface area is 118 Å². The highest BCUT2D eigenvalue weighted by molar-refractivity contribution is 7.09. The van der Waals surface area contributed by atoms with E-state index in [0.29, 0.717) is 12.3 Å². The molecule has 3 heteroatoms. The summed E-state index contributed by atoms with van der Waals surface area (Å²) in [7, 11) is 0. The minimum Gasteiger partial charge on any atom is -0.392 e. The van der Waals surface area contributed by atoms with Crippen LogP contribution in [-0.4, -0.2) is 16.2 Å². The first-order chi connectivity index (χ1) is 9.22. The fourth-order valence-electron chi connectivity index (χ4n) is 2.94. The lowest BCUT2D eigenvalue weighted by Gasteiger charge is -2.28. The molecule has 2 atom stereocenters. The van der Waals surface area contributed by atoms with Crippen LogP contribution in [0.1, 0.15) is 28.2 Å². The highest BCUT2D eigenvalue weighted by atomic mass is 32.1. The van der Waals surface area contributed by atoms with Gasteiger partial charge < -0.3 is 5.11 Å². The van der Waals surface area contributed by atoms with Gasteiger partial charge in [0.25, 0.3) is 0 Å². The number of aliphatic hydroxyl groups excluding tert-OH is 1. The normalized spacial score (nSPS) is 20.0. The van der Waals surface area contributed by atoms with E-state index in [9.17, 15) is 5.11 Å². The van der Waals surface area contributed by atoms with Crippen molar-refractivity contribution in [2.45, 2.75) is 38.7 Å². The number of aromatic nitrogens is 1. The first kappa shape index (κ1) is 12.8. The van der Waals surface area contributed by atoms with Gasteiger partial charge in [-0.2, -0.15) is 0 Å². The molecule has 1 aliphatic rings. The van der Waals surface area contributed by atoms with E-state index < -0.39 is 0 Å². The molecule has 0 fully saturated rings. The zero-order valence-corrected chi connectivity index (χ0v) is 12.0. The summed E-state index contributed by atoms with van der Waals surface area (Å²) in [4.78, 5) is 4.45. The average molecular weight is 273 g/mol. The number of benzene rings is 1. The summed E-state index contributed by atoms with van der Waals surface area (Å²) >= 11 is 1.66. The van der Waals surface area contributed by atoms with Gasteiger partial charge in [0.05, 0.1) is 16.8 Å². The van der Waals surface area contributed by atoms with Gasteiger partial charge >= 0.3 is 0 Å². The lowest BCUT2D eigenvalue weighted by molar-refractivity contribution is 0.0985. The van der Waals surface area contributed by atoms with Crippen LogP contribution in [-0.2, 0) is 19.3 Å². The number of fused-ring (bicyclic) bond motifs is 1. The van der Waals surface area contributed by atoms with Crippen LogP contribution >= 0.6 is 11.3 Å². The standard InChI is InChI=1S/C16H19NOS/c1-11-17-15(10-19-11)9-16(18)14-7-6-12-4-2-3-5-13(12)8-14/h2-5,10,14,16,18H,6-9H2,1H3. The Kier molecular flexibility index (Phi) is 3.67. The van der Waals surface area contributed by atoms with Gasteiger partial charge in [0.15, 0.2) is 0 Å². The number of nitrogens with zero attached hydrogens (tertiary/aromatic N) is 1. The van der Waals surface area contributed by atoms with Gasteiger partial charge in [0.1, 0.15) is 0 Å². The van der Waals surface area contributed by atoms with Crippen LogP contribution in [0.25, 0.3) is 0 Å². The highest BCUT2D eigenvalue weighted by Crippen LogP contribution is 2.28. The molecule has 100 valence electrons. The van der Waals surface area contributed by atoms with Gasteiger partial charge in [-0.15, -0.1) is 11.3 Å². The van der Waals surface area contributed by atoms with Gasteiger partial charge in [-0.1, -0.05) is 24.3 Å². The molecule has 1 N–H and O–H groups in total. The maximum absolute atomic E-state index is 10.4. The third-order valence-electron chi connectivity index (χ3n) is 4.01. The van der Waals surface area contributed by atoms with Crippen molar-refractivity contribution < 1.29 is 5.11 Å². The fraction of sp³-hybridized carbons (Fsp3) is 0.438. The number of hydrogen-bond donors (Lipinski definition) is 1. The summed E-state index contributed by atoms with van der Waals surface area (Å²) < 4.78 is 0. The van der Waals surface area contributed by atoms with Crippen LogP contribution in [0.5, 0.6) is 0 Å². The molecule has 0 saturated carbocycles. The predicted molar refractivity (Wildman–Crippen MR) is 78.5 cm³/mol. The largest absolute Gasteiger partial charge is 0.392 e. The van der Waals surface area contributed by atoms with Gasteiger partial charge in [-0.3, -0.25) is 0 Å². The van der Waals surface area contributed by atoms with E-state index in [2.05, 4.69) is 34.6 Å². The number of aryl methyl sites for hydroxylation is 2. The van der Waals surface area contributed by atoms with Crippen molar-refractivity contribution in [1.29, 1.82) is 0 Å². The number of aliphatic hydroxyl groups is 1. The van der Waals surface area contributed by atoms with E-state index in [4.69, 9.17) is 0 Å². The molecular weight excluding hydrogens is 254 g/mol. The molecular formula is C16H19NOS. The van der Waals surface area contributed by atoms with Crippen molar-refractivity contribution in [1.82, 2.24) is 4.98 Å². The van der Waals surface area contributed by atoms with Crippen molar-refractivity contribution in [2.24, 2.45) is 5.92 Å². The van der Waals surface area contributed by atoms with Crippen molar-refractivity contribution in [2.75, 3.05) is 0 Å². The van der Waals surface area contributed by atoms with Crippen molar-refractivity contribution in [3.8, 4) is 0 Å². The molecule has 19 heavy (non-hydrogen) atoms. The quantitative estimate of drug-likeness (QED) is 0.932. The summed E-state index contributed by atoms with van der Waals surface area (Å²) in [6.45, 7) is 2.01. The molecule has 2 aromatic rings. The Morgan fingerprint density at radius 1 is 1.37 bits per heavy atom. The van der Waals surface area contributed by atoms with Crippen LogP contribution < -0.4 is 0 Å². The van der Waals surface area contributed by atoms with E-state index >= 15 is 0 Å². The molecule has 1 aliphatic carbocycles. The Bertz CT molecular complexity index is 563. The molecule has 0 saturated heterocycles. The molecule has 3 rings (SSSR count). The molecule has 2 unspecified atom stereocenters. The Morgan fingerprint density at radius 2 is 2.16 bits per heavy atom. The predicted octanol–water partition coefficient (Wildman–Crippen LogP) is 3.16. The maximum atomic E-state index is 10.4. The zero-order valence-electron chi connectivity index (χ0n) is 11.2. The summed E-state index contributed by atoms with van der Waals surface area (Å²) in [5.41, 5.74) is 3.90. The summed E-state index contributed by atoms with van der Waals surface area (Å²) in [6, 6.07) is 8.61. The lowest BCUT2D eigenvalue weighted by atomic mass is 9.80. The monoisotopic (exact) mass is 273 g/mol. The van der Waals surface area contributed by atoms with Gasteiger partial charge in [0, 0.05) is 11.8 Å². The SMILES string of the molecule is Cc1nc(CC(O)C2CCc3ccccc3C2)cs1. The van der Waals surface area contributed by atoms with Crippen LogP contribution in [0.2, 0.25) is 0 Å². The second-order valence-electron chi connectivity index (χ2n) is 5.40. The molecule has 2 nitrogen and oxygen atoms in total.